The average Bonchev–Trinajstić information content (AvgIpc) is 3.53. The second kappa shape index (κ2) is 9.36. The molecule has 5 aromatic rings. The highest BCUT2D eigenvalue weighted by molar-refractivity contribution is 6.00. The molecular formula is C29H26N6O. The number of nitrogens with zero attached hydrogens (tertiary/aromatic N) is 4. The fourth-order valence-electron chi connectivity index (χ4n) is 4.94. The lowest BCUT2D eigenvalue weighted by Crippen LogP contribution is -2.28. The number of amides is 1. The Kier molecular flexibility index (Phi) is 5.75. The molecule has 7 nitrogen and oxygen atoms in total. The number of carbonyl (C=O) groups is 1. The Morgan fingerprint density at radius 2 is 1.83 bits per heavy atom. The Morgan fingerprint density at radius 1 is 0.972 bits per heavy atom. The molecule has 4 heterocycles. The number of pyridine rings is 2. The van der Waals surface area contributed by atoms with Crippen LogP contribution in [0.15, 0.2) is 79.1 Å². The second-order valence-electron chi connectivity index (χ2n) is 8.92. The van der Waals surface area contributed by atoms with E-state index < -0.39 is 0 Å². The fourth-order valence-corrected chi connectivity index (χ4v) is 4.94. The van der Waals surface area contributed by atoms with Crippen LogP contribution in [-0.2, 0) is 13.0 Å². The molecule has 0 fully saturated rings. The van der Waals surface area contributed by atoms with Crippen LogP contribution in [0.25, 0.3) is 44.5 Å². The highest BCUT2D eigenvalue weighted by Gasteiger charge is 2.25. The van der Waals surface area contributed by atoms with Crippen molar-refractivity contribution in [2.75, 3.05) is 13.1 Å². The van der Waals surface area contributed by atoms with Crippen LogP contribution in [-0.4, -0.2) is 38.7 Å². The van der Waals surface area contributed by atoms with Gasteiger partial charge in [-0.25, -0.2) is 0 Å². The van der Waals surface area contributed by atoms with E-state index in [2.05, 4.69) is 39.2 Å². The summed E-state index contributed by atoms with van der Waals surface area (Å²) in [6, 6.07) is 22.0. The van der Waals surface area contributed by atoms with E-state index >= 15 is 0 Å². The number of hydrogen-bond donors (Lipinski definition) is 2. The van der Waals surface area contributed by atoms with Crippen molar-refractivity contribution in [1.82, 2.24) is 25.1 Å². The molecule has 0 spiro atoms. The monoisotopic (exact) mass is 474 g/mol. The van der Waals surface area contributed by atoms with E-state index in [4.69, 9.17) is 15.8 Å². The van der Waals surface area contributed by atoms with E-state index in [0.717, 1.165) is 63.9 Å². The lowest BCUT2D eigenvalue weighted by Gasteiger charge is -2.11. The van der Waals surface area contributed by atoms with E-state index in [1.807, 2.05) is 54.9 Å². The third kappa shape index (κ3) is 3.93. The number of nitrogens with one attached hydrogen (secondary N) is 1. The Morgan fingerprint density at radius 3 is 2.64 bits per heavy atom. The van der Waals surface area contributed by atoms with Crippen molar-refractivity contribution in [1.29, 1.82) is 0 Å². The van der Waals surface area contributed by atoms with Gasteiger partial charge >= 0.3 is 0 Å². The third-order valence-electron chi connectivity index (χ3n) is 6.67. The molecule has 0 radical (unpaired) electrons. The summed E-state index contributed by atoms with van der Waals surface area (Å²) in [5, 5.41) is 8.83. The number of benzene rings is 2. The van der Waals surface area contributed by atoms with Crippen LogP contribution in [0.5, 0.6) is 0 Å². The van der Waals surface area contributed by atoms with Crippen molar-refractivity contribution in [2.45, 2.75) is 19.4 Å². The van der Waals surface area contributed by atoms with Crippen molar-refractivity contribution in [3.8, 4) is 33.6 Å². The zero-order valence-corrected chi connectivity index (χ0v) is 19.8. The molecule has 1 aliphatic heterocycles. The van der Waals surface area contributed by atoms with Crippen molar-refractivity contribution in [3.63, 3.8) is 0 Å². The van der Waals surface area contributed by atoms with Gasteiger partial charge < -0.3 is 11.1 Å². The van der Waals surface area contributed by atoms with Crippen LogP contribution in [0.1, 0.15) is 22.5 Å². The molecular weight excluding hydrogens is 448 g/mol. The highest BCUT2D eigenvalue weighted by atomic mass is 16.1. The van der Waals surface area contributed by atoms with Gasteiger partial charge in [-0.2, -0.15) is 5.10 Å². The average molecular weight is 475 g/mol. The molecule has 0 unspecified atom stereocenters. The van der Waals surface area contributed by atoms with E-state index in [1.165, 1.54) is 5.69 Å². The Labute approximate surface area is 209 Å². The quantitative estimate of drug-likeness (QED) is 0.379. The molecule has 0 saturated carbocycles. The summed E-state index contributed by atoms with van der Waals surface area (Å²) in [5.74, 6) is -0.116. The van der Waals surface area contributed by atoms with Crippen LogP contribution in [0.2, 0.25) is 0 Å². The Bertz CT molecular complexity index is 1560. The van der Waals surface area contributed by atoms with Gasteiger partial charge in [-0.15, -0.1) is 0 Å². The molecule has 0 atom stereocenters. The molecule has 0 aliphatic carbocycles. The first kappa shape index (κ1) is 22.1. The first-order chi connectivity index (χ1) is 17.7. The molecule has 7 heteroatoms. The lowest BCUT2D eigenvalue weighted by atomic mass is 9.95. The van der Waals surface area contributed by atoms with Gasteiger partial charge in [0.1, 0.15) is 5.69 Å². The molecule has 1 amide bonds. The van der Waals surface area contributed by atoms with E-state index in [-0.39, 0.29) is 5.91 Å². The molecule has 1 aliphatic rings. The summed E-state index contributed by atoms with van der Waals surface area (Å²) in [4.78, 5) is 21.5. The summed E-state index contributed by atoms with van der Waals surface area (Å²) in [6.45, 7) is 1.81. The molecule has 36 heavy (non-hydrogen) atoms. The molecule has 178 valence electrons. The zero-order valence-electron chi connectivity index (χ0n) is 19.8. The van der Waals surface area contributed by atoms with Gasteiger partial charge in [0.05, 0.1) is 11.2 Å². The number of fused-ring (bicyclic) bond motifs is 2. The number of nitrogens with two attached hydrogens (primary N) is 1. The molecule has 3 N–H and O–H groups in total. The number of carbonyl (C=O) groups excluding carboxylic acids is 1. The van der Waals surface area contributed by atoms with Crippen molar-refractivity contribution in [2.24, 2.45) is 5.73 Å². The van der Waals surface area contributed by atoms with Crippen molar-refractivity contribution in [3.05, 3.63) is 90.4 Å². The summed E-state index contributed by atoms with van der Waals surface area (Å²) in [6.07, 6.45) is 5.79. The predicted molar refractivity (Wildman–Crippen MR) is 141 cm³/mol. The summed E-state index contributed by atoms with van der Waals surface area (Å²) < 4.78 is 2.13. The van der Waals surface area contributed by atoms with Crippen LogP contribution >= 0.6 is 0 Å². The first-order valence-electron chi connectivity index (χ1n) is 12.2. The first-order valence-corrected chi connectivity index (χ1v) is 12.2. The largest absolute Gasteiger partial charge is 0.351 e. The third-order valence-corrected chi connectivity index (χ3v) is 6.67. The number of rotatable bonds is 6. The maximum Gasteiger partial charge on any atom is 0.251 e. The van der Waals surface area contributed by atoms with Gasteiger partial charge in [-0.1, -0.05) is 30.3 Å². The standard InChI is InChI=1S/C29H26N6O/c30-13-16-33-29(36)20-8-6-19(7-9-20)21-10-11-22-23(12-15-32-25(22)18-21)27-26-5-3-17-35(26)34-28(27)24-4-1-2-14-31-24/h1-2,4,6-12,14-15,18H,3,5,13,16-17,30H2,(H,33,36). The number of aromatic nitrogens is 4. The van der Waals surface area contributed by atoms with Gasteiger partial charge in [0.25, 0.3) is 5.91 Å². The van der Waals surface area contributed by atoms with Crippen LogP contribution in [0, 0.1) is 0 Å². The molecule has 3 aromatic heterocycles. The topological polar surface area (TPSA) is 98.7 Å². The maximum absolute atomic E-state index is 12.2. The zero-order chi connectivity index (χ0) is 24.5. The summed E-state index contributed by atoms with van der Waals surface area (Å²) in [5.41, 5.74) is 14.4. The van der Waals surface area contributed by atoms with Gasteiger partial charge in [-0.3, -0.25) is 19.4 Å². The van der Waals surface area contributed by atoms with Crippen LogP contribution < -0.4 is 11.1 Å². The predicted octanol–water partition coefficient (Wildman–Crippen LogP) is 4.46. The maximum atomic E-state index is 12.2. The van der Waals surface area contributed by atoms with Crippen molar-refractivity contribution >= 4 is 16.8 Å². The van der Waals surface area contributed by atoms with Gasteiger partial charge in [0.15, 0.2) is 0 Å². The minimum Gasteiger partial charge on any atom is -0.351 e. The van der Waals surface area contributed by atoms with Crippen molar-refractivity contribution < 1.29 is 4.79 Å². The highest BCUT2D eigenvalue weighted by Crippen LogP contribution is 2.40. The minimum absolute atomic E-state index is 0.116. The smallest absolute Gasteiger partial charge is 0.251 e. The minimum atomic E-state index is -0.116. The Balaban J connectivity index is 1.40. The molecule has 0 bridgehead atoms. The molecule has 2 aromatic carbocycles. The fraction of sp³-hybridized carbons (Fsp3) is 0.172. The Hall–Kier alpha value is -4.36. The number of hydrogen-bond acceptors (Lipinski definition) is 5. The van der Waals surface area contributed by atoms with E-state index in [9.17, 15) is 4.79 Å². The molecule has 6 rings (SSSR count). The number of aryl methyl sites for hydroxylation is 1. The lowest BCUT2D eigenvalue weighted by molar-refractivity contribution is 0.0955. The van der Waals surface area contributed by atoms with Gasteiger partial charge in [0.2, 0.25) is 0 Å². The van der Waals surface area contributed by atoms with E-state index in [0.29, 0.717) is 18.7 Å². The molecule has 0 saturated heterocycles. The van der Waals surface area contributed by atoms with Gasteiger partial charge in [0, 0.05) is 54.2 Å². The SMILES string of the molecule is NCCNC(=O)c1ccc(-c2ccc3c(-c4c(-c5ccccn5)nn5c4CCC5)ccnc3c2)cc1. The summed E-state index contributed by atoms with van der Waals surface area (Å²) >= 11 is 0. The normalized spacial score (nSPS) is 12.6. The van der Waals surface area contributed by atoms with Gasteiger partial charge in [-0.05, 0) is 65.9 Å². The summed E-state index contributed by atoms with van der Waals surface area (Å²) in [7, 11) is 0. The second-order valence-corrected chi connectivity index (χ2v) is 8.92. The van der Waals surface area contributed by atoms with E-state index in [1.54, 1.807) is 0 Å². The van der Waals surface area contributed by atoms with Crippen LogP contribution in [0.4, 0.5) is 0 Å². The van der Waals surface area contributed by atoms with Crippen LogP contribution in [0.3, 0.4) is 0 Å².